The molecule has 2 N–H and O–H groups in total. The zero-order chi connectivity index (χ0) is 11.4. The van der Waals surface area contributed by atoms with Crippen molar-refractivity contribution in [3.8, 4) is 11.4 Å². The molecule has 1 aromatic carbocycles. The van der Waals surface area contributed by atoms with E-state index in [1.807, 2.05) is 30.5 Å². The van der Waals surface area contributed by atoms with Crippen molar-refractivity contribution in [2.75, 3.05) is 12.3 Å². The largest absolute Gasteiger partial charge is 0.491 e. The molecule has 0 saturated heterocycles. The minimum atomic E-state index is 0.625. The van der Waals surface area contributed by atoms with Crippen LogP contribution in [0.5, 0.6) is 5.75 Å². The molecule has 0 atom stereocenters. The fourth-order valence-electron chi connectivity index (χ4n) is 1.48. The van der Waals surface area contributed by atoms with Crippen molar-refractivity contribution in [3.63, 3.8) is 0 Å². The van der Waals surface area contributed by atoms with E-state index in [0.29, 0.717) is 12.3 Å². The summed E-state index contributed by atoms with van der Waals surface area (Å²) < 4.78 is 7.29. The molecular weight excluding hydrogens is 202 g/mol. The Kier molecular flexibility index (Phi) is 3.10. The number of nitrogens with two attached hydrogens (primary N) is 1. The van der Waals surface area contributed by atoms with Crippen molar-refractivity contribution in [3.05, 3.63) is 36.7 Å². The van der Waals surface area contributed by atoms with E-state index in [4.69, 9.17) is 10.5 Å². The predicted octanol–water partition coefficient (Wildman–Crippen LogP) is 2.24. The van der Waals surface area contributed by atoms with E-state index in [-0.39, 0.29) is 0 Å². The molecule has 0 radical (unpaired) electrons. The van der Waals surface area contributed by atoms with E-state index in [1.165, 1.54) is 0 Å². The normalized spacial score (nSPS) is 10.3. The molecule has 2 rings (SSSR count). The maximum atomic E-state index is 6.03. The van der Waals surface area contributed by atoms with E-state index >= 15 is 0 Å². The molecule has 2 aromatic rings. The molecule has 0 aliphatic rings. The first-order valence-corrected chi connectivity index (χ1v) is 5.34. The lowest BCUT2D eigenvalue weighted by Crippen LogP contribution is -2.04. The number of nitrogens with zero attached hydrogens (tertiary/aromatic N) is 2. The number of hydrogen-bond donors (Lipinski definition) is 1. The first-order chi connectivity index (χ1) is 7.83. The summed E-state index contributed by atoms with van der Waals surface area (Å²) in [6, 6.07) is 7.57. The lowest BCUT2D eigenvalue weighted by molar-refractivity contribution is 0.319. The molecule has 0 spiro atoms. The third kappa shape index (κ3) is 2.00. The molecule has 1 aromatic heterocycles. The molecule has 4 heteroatoms. The van der Waals surface area contributed by atoms with Gasteiger partial charge in [-0.15, -0.1) is 0 Å². The third-order valence-corrected chi connectivity index (χ3v) is 2.26. The molecule has 0 fully saturated rings. The third-order valence-electron chi connectivity index (χ3n) is 2.26. The van der Waals surface area contributed by atoms with Crippen LogP contribution < -0.4 is 10.5 Å². The Balaban J connectivity index is 2.33. The van der Waals surface area contributed by atoms with Gasteiger partial charge in [0.2, 0.25) is 0 Å². The maximum Gasteiger partial charge on any atom is 0.144 e. The second-order valence-electron chi connectivity index (χ2n) is 3.49. The summed E-state index contributed by atoms with van der Waals surface area (Å²) in [4.78, 5) is 0. The van der Waals surface area contributed by atoms with E-state index in [2.05, 4.69) is 12.0 Å². The molecule has 4 nitrogen and oxygen atoms in total. The van der Waals surface area contributed by atoms with E-state index < -0.39 is 0 Å². The smallest absolute Gasteiger partial charge is 0.144 e. The number of nitrogen functional groups attached to an aromatic ring is 1. The molecule has 16 heavy (non-hydrogen) atoms. The zero-order valence-electron chi connectivity index (χ0n) is 9.26. The average Bonchev–Trinajstić information content (AvgIpc) is 2.81. The Morgan fingerprint density at radius 1 is 1.38 bits per heavy atom. The van der Waals surface area contributed by atoms with Crippen LogP contribution in [-0.2, 0) is 0 Å². The van der Waals surface area contributed by atoms with E-state index in [0.717, 1.165) is 17.9 Å². The number of hydrogen-bond acceptors (Lipinski definition) is 3. The summed E-state index contributed by atoms with van der Waals surface area (Å²) in [5, 5.41) is 4.15. The van der Waals surface area contributed by atoms with Crippen molar-refractivity contribution in [2.45, 2.75) is 13.3 Å². The summed E-state index contributed by atoms with van der Waals surface area (Å²) in [7, 11) is 0. The number of ether oxygens (including phenoxy) is 1. The van der Waals surface area contributed by atoms with Crippen molar-refractivity contribution in [1.29, 1.82) is 0 Å². The predicted molar refractivity (Wildman–Crippen MR) is 63.8 cm³/mol. The second kappa shape index (κ2) is 4.70. The molecule has 84 valence electrons. The van der Waals surface area contributed by atoms with Gasteiger partial charge in [-0.2, -0.15) is 5.10 Å². The fourth-order valence-corrected chi connectivity index (χ4v) is 1.48. The first kappa shape index (κ1) is 10.5. The monoisotopic (exact) mass is 217 g/mol. The van der Waals surface area contributed by atoms with Crippen LogP contribution in [-0.4, -0.2) is 16.4 Å². The van der Waals surface area contributed by atoms with Crippen LogP contribution in [0.3, 0.4) is 0 Å². The summed E-state index contributed by atoms with van der Waals surface area (Å²) in [5.41, 5.74) is 7.50. The molecule has 0 aliphatic heterocycles. The molecule has 0 aliphatic carbocycles. The molecular formula is C12H15N3O. The van der Waals surface area contributed by atoms with Crippen molar-refractivity contribution < 1.29 is 4.74 Å². The SMILES string of the molecule is CCCOc1cccc(-n2cccn2)c1N. The van der Waals surface area contributed by atoms with Gasteiger partial charge in [0.1, 0.15) is 11.4 Å². The first-order valence-electron chi connectivity index (χ1n) is 5.34. The van der Waals surface area contributed by atoms with Crippen LogP contribution in [0, 0.1) is 0 Å². The molecule has 0 amide bonds. The molecule has 1 heterocycles. The maximum absolute atomic E-state index is 6.03. The summed E-state index contributed by atoms with van der Waals surface area (Å²) in [5.74, 6) is 0.717. The van der Waals surface area contributed by atoms with E-state index in [9.17, 15) is 0 Å². The topological polar surface area (TPSA) is 53.1 Å². The number of para-hydroxylation sites is 1. The van der Waals surface area contributed by atoms with Crippen LogP contribution in [0.2, 0.25) is 0 Å². The number of anilines is 1. The van der Waals surface area contributed by atoms with Crippen LogP contribution in [0.4, 0.5) is 5.69 Å². The van der Waals surface area contributed by atoms with Gasteiger partial charge in [-0.05, 0) is 24.6 Å². The van der Waals surface area contributed by atoms with Crippen molar-refractivity contribution in [2.24, 2.45) is 0 Å². The van der Waals surface area contributed by atoms with Gasteiger partial charge >= 0.3 is 0 Å². The lowest BCUT2D eigenvalue weighted by Gasteiger charge is -2.11. The van der Waals surface area contributed by atoms with Gasteiger partial charge in [0, 0.05) is 12.4 Å². The van der Waals surface area contributed by atoms with Crippen molar-refractivity contribution >= 4 is 5.69 Å². The Labute approximate surface area is 94.6 Å². The fraction of sp³-hybridized carbons (Fsp3) is 0.250. The average molecular weight is 217 g/mol. The number of benzene rings is 1. The van der Waals surface area contributed by atoms with Gasteiger partial charge in [-0.25, -0.2) is 4.68 Å². The van der Waals surface area contributed by atoms with Crippen LogP contribution in [0.25, 0.3) is 5.69 Å². The number of rotatable bonds is 4. The summed E-state index contributed by atoms with van der Waals surface area (Å²) in [6.45, 7) is 2.74. The van der Waals surface area contributed by atoms with Crippen molar-refractivity contribution in [1.82, 2.24) is 9.78 Å². The van der Waals surface area contributed by atoms with E-state index in [1.54, 1.807) is 10.9 Å². The highest BCUT2D eigenvalue weighted by molar-refractivity contribution is 5.66. The van der Waals surface area contributed by atoms with Crippen LogP contribution in [0.15, 0.2) is 36.7 Å². The zero-order valence-corrected chi connectivity index (χ0v) is 9.26. The Morgan fingerprint density at radius 3 is 2.94 bits per heavy atom. The van der Waals surface area contributed by atoms with Gasteiger partial charge in [-0.1, -0.05) is 13.0 Å². The highest BCUT2D eigenvalue weighted by Gasteiger charge is 2.07. The highest BCUT2D eigenvalue weighted by atomic mass is 16.5. The minimum absolute atomic E-state index is 0.625. The Hall–Kier alpha value is -1.97. The lowest BCUT2D eigenvalue weighted by atomic mass is 10.2. The second-order valence-corrected chi connectivity index (χ2v) is 3.49. The molecule has 0 bridgehead atoms. The van der Waals surface area contributed by atoms with Gasteiger partial charge in [0.25, 0.3) is 0 Å². The Morgan fingerprint density at radius 2 is 2.25 bits per heavy atom. The van der Waals surface area contributed by atoms with Gasteiger partial charge in [-0.3, -0.25) is 0 Å². The van der Waals surface area contributed by atoms with Gasteiger partial charge in [0.15, 0.2) is 0 Å². The van der Waals surface area contributed by atoms with Gasteiger partial charge in [0.05, 0.1) is 12.3 Å². The van der Waals surface area contributed by atoms with Crippen LogP contribution >= 0.6 is 0 Å². The highest BCUT2D eigenvalue weighted by Crippen LogP contribution is 2.27. The number of aromatic nitrogens is 2. The minimum Gasteiger partial charge on any atom is -0.491 e. The summed E-state index contributed by atoms with van der Waals surface area (Å²) >= 11 is 0. The van der Waals surface area contributed by atoms with Gasteiger partial charge < -0.3 is 10.5 Å². The Bertz CT molecular complexity index is 451. The molecule has 0 saturated carbocycles. The van der Waals surface area contributed by atoms with Crippen LogP contribution in [0.1, 0.15) is 13.3 Å². The summed E-state index contributed by atoms with van der Waals surface area (Å²) in [6.07, 6.45) is 4.54. The quantitative estimate of drug-likeness (QED) is 0.799. The standard InChI is InChI=1S/C12H15N3O/c1-2-9-16-11-6-3-5-10(12(11)13)15-8-4-7-14-15/h3-8H,2,9,13H2,1H3. The molecule has 0 unspecified atom stereocenters.